The molecule has 0 aromatic rings. The highest BCUT2D eigenvalue weighted by Crippen LogP contribution is 2.49. The summed E-state index contributed by atoms with van der Waals surface area (Å²) in [5.74, 6) is 1.89. The SMILES string of the molecule is CC(C)[C@@H]1C2CC(C2)N1C(C)C. The molecule has 70 valence electrons. The molecule has 0 spiro atoms. The van der Waals surface area contributed by atoms with Crippen LogP contribution in [0.4, 0.5) is 0 Å². The average molecular weight is 167 g/mol. The molecule has 2 aliphatic heterocycles. The first-order valence-corrected chi connectivity index (χ1v) is 5.38. The lowest BCUT2D eigenvalue weighted by molar-refractivity contribution is 0.151. The van der Waals surface area contributed by atoms with E-state index in [-0.39, 0.29) is 0 Å². The van der Waals surface area contributed by atoms with Gasteiger partial charge in [-0.05, 0) is 38.5 Å². The van der Waals surface area contributed by atoms with Crippen molar-refractivity contribution in [3.63, 3.8) is 0 Å². The summed E-state index contributed by atoms with van der Waals surface area (Å²) in [6.45, 7) is 9.44. The van der Waals surface area contributed by atoms with Crippen LogP contribution in [0.5, 0.6) is 0 Å². The largest absolute Gasteiger partial charge is 0.294 e. The molecule has 1 saturated carbocycles. The van der Waals surface area contributed by atoms with Gasteiger partial charge in [0, 0.05) is 18.1 Å². The van der Waals surface area contributed by atoms with Gasteiger partial charge in [0.2, 0.25) is 0 Å². The summed E-state index contributed by atoms with van der Waals surface area (Å²) in [6.07, 6.45) is 2.97. The maximum absolute atomic E-state index is 2.76. The topological polar surface area (TPSA) is 3.24 Å². The molecule has 2 heterocycles. The van der Waals surface area contributed by atoms with E-state index in [1.165, 1.54) is 12.8 Å². The molecule has 1 nitrogen and oxygen atoms in total. The Bertz CT molecular complexity index is 150. The van der Waals surface area contributed by atoms with Crippen LogP contribution < -0.4 is 0 Å². The number of hydrogen-bond acceptors (Lipinski definition) is 1. The summed E-state index contributed by atoms with van der Waals surface area (Å²) >= 11 is 0. The van der Waals surface area contributed by atoms with Crippen molar-refractivity contribution < 1.29 is 0 Å². The lowest BCUT2D eigenvalue weighted by Gasteiger charge is -2.31. The molecule has 0 N–H and O–H groups in total. The van der Waals surface area contributed by atoms with Crippen molar-refractivity contribution in [2.24, 2.45) is 11.8 Å². The zero-order chi connectivity index (χ0) is 8.88. The molecule has 3 rings (SSSR count). The van der Waals surface area contributed by atoms with Crippen molar-refractivity contribution >= 4 is 0 Å². The van der Waals surface area contributed by atoms with Gasteiger partial charge in [-0.2, -0.15) is 0 Å². The van der Waals surface area contributed by atoms with E-state index >= 15 is 0 Å². The molecule has 1 aliphatic carbocycles. The first-order valence-electron chi connectivity index (χ1n) is 5.38. The standard InChI is InChI=1S/C11H21N/c1-7(2)11-9-5-10(6-9)12(11)8(3)4/h7-11H,5-6H2,1-4H3/t9?,10?,11-/m1/s1. The van der Waals surface area contributed by atoms with Gasteiger partial charge in [-0.25, -0.2) is 0 Å². The van der Waals surface area contributed by atoms with Crippen molar-refractivity contribution in [3.05, 3.63) is 0 Å². The van der Waals surface area contributed by atoms with Gasteiger partial charge in [-0.1, -0.05) is 13.8 Å². The first kappa shape index (κ1) is 8.55. The van der Waals surface area contributed by atoms with E-state index in [1.807, 2.05) is 0 Å². The molecule has 2 bridgehead atoms. The lowest BCUT2D eigenvalue weighted by Crippen LogP contribution is -2.39. The molecule has 1 heteroatoms. The maximum atomic E-state index is 2.76. The maximum Gasteiger partial charge on any atom is 0.0153 e. The fraction of sp³-hybridized carbons (Fsp3) is 1.00. The van der Waals surface area contributed by atoms with Gasteiger partial charge in [0.05, 0.1) is 0 Å². The van der Waals surface area contributed by atoms with E-state index < -0.39 is 0 Å². The highest BCUT2D eigenvalue weighted by atomic mass is 15.3. The minimum atomic E-state index is 0.759. The second kappa shape index (κ2) is 2.73. The molecule has 0 aromatic heterocycles. The Kier molecular flexibility index (Phi) is 1.95. The van der Waals surface area contributed by atoms with Crippen LogP contribution in [0.25, 0.3) is 0 Å². The van der Waals surface area contributed by atoms with Crippen LogP contribution in [0, 0.1) is 11.8 Å². The second-order valence-electron chi connectivity index (χ2n) is 5.16. The predicted molar refractivity (Wildman–Crippen MR) is 52.1 cm³/mol. The van der Waals surface area contributed by atoms with Crippen molar-refractivity contribution in [2.75, 3.05) is 0 Å². The minimum absolute atomic E-state index is 0.759. The van der Waals surface area contributed by atoms with E-state index in [0.29, 0.717) is 0 Å². The van der Waals surface area contributed by atoms with E-state index in [0.717, 1.165) is 30.0 Å². The summed E-state index contributed by atoms with van der Waals surface area (Å²) in [4.78, 5) is 2.76. The molecule has 0 amide bonds. The summed E-state index contributed by atoms with van der Waals surface area (Å²) < 4.78 is 0. The van der Waals surface area contributed by atoms with E-state index in [9.17, 15) is 0 Å². The van der Waals surface area contributed by atoms with Gasteiger partial charge in [0.1, 0.15) is 0 Å². The van der Waals surface area contributed by atoms with Crippen LogP contribution in [-0.4, -0.2) is 23.0 Å². The van der Waals surface area contributed by atoms with Crippen molar-refractivity contribution in [1.82, 2.24) is 4.90 Å². The second-order valence-corrected chi connectivity index (χ2v) is 5.16. The lowest BCUT2D eigenvalue weighted by atomic mass is 9.80. The first-order chi connectivity index (χ1) is 5.61. The highest BCUT2D eigenvalue weighted by molar-refractivity contribution is 5.06. The Balaban J connectivity index is 2.11. The molecule has 0 unspecified atom stereocenters. The smallest absolute Gasteiger partial charge is 0.0153 e. The molecule has 12 heavy (non-hydrogen) atoms. The van der Waals surface area contributed by atoms with Crippen LogP contribution in [0.2, 0.25) is 0 Å². The quantitative estimate of drug-likeness (QED) is 0.611. The van der Waals surface area contributed by atoms with Gasteiger partial charge in [0.25, 0.3) is 0 Å². The summed E-state index contributed by atoms with van der Waals surface area (Å²) in [6, 6.07) is 2.60. The van der Waals surface area contributed by atoms with Gasteiger partial charge in [0.15, 0.2) is 0 Å². The van der Waals surface area contributed by atoms with Gasteiger partial charge in [-0.3, -0.25) is 4.90 Å². The molecule has 1 atom stereocenters. The Hall–Kier alpha value is -0.0400. The Morgan fingerprint density at radius 1 is 1.08 bits per heavy atom. The van der Waals surface area contributed by atoms with Crippen molar-refractivity contribution in [2.45, 2.75) is 58.7 Å². The van der Waals surface area contributed by atoms with Crippen molar-refractivity contribution in [3.8, 4) is 0 Å². The molecule has 2 saturated heterocycles. The van der Waals surface area contributed by atoms with Gasteiger partial charge < -0.3 is 0 Å². The summed E-state index contributed by atoms with van der Waals surface area (Å²) in [7, 11) is 0. The number of nitrogens with zero attached hydrogens (tertiary/aromatic N) is 1. The number of fused-ring (bicyclic) bond motifs is 1. The van der Waals surface area contributed by atoms with Gasteiger partial charge in [-0.15, -0.1) is 0 Å². The normalized spacial score (nSPS) is 41.0. The number of hydrogen-bond donors (Lipinski definition) is 0. The zero-order valence-electron chi connectivity index (χ0n) is 8.75. The minimum Gasteiger partial charge on any atom is -0.294 e. The monoisotopic (exact) mass is 167 g/mol. The molecule has 3 fully saturated rings. The van der Waals surface area contributed by atoms with Gasteiger partial charge >= 0.3 is 0 Å². The molecule has 0 radical (unpaired) electrons. The zero-order valence-corrected chi connectivity index (χ0v) is 8.75. The molecule has 3 aliphatic rings. The van der Waals surface area contributed by atoms with Crippen LogP contribution in [0.15, 0.2) is 0 Å². The van der Waals surface area contributed by atoms with E-state index in [1.54, 1.807) is 0 Å². The summed E-state index contributed by atoms with van der Waals surface area (Å²) in [5.41, 5.74) is 0. The fourth-order valence-corrected chi connectivity index (χ4v) is 3.29. The van der Waals surface area contributed by atoms with Crippen molar-refractivity contribution in [1.29, 1.82) is 0 Å². The van der Waals surface area contributed by atoms with Crippen LogP contribution in [0.3, 0.4) is 0 Å². The Labute approximate surface area is 76.1 Å². The third kappa shape index (κ3) is 1.02. The third-order valence-electron chi connectivity index (χ3n) is 3.68. The molecule has 0 aromatic carbocycles. The Morgan fingerprint density at radius 2 is 1.67 bits per heavy atom. The molecular formula is C11H21N. The van der Waals surface area contributed by atoms with Crippen LogP contribution >= 0.6 is 0 Å². The average Bonchev–Trinajstić information content (AvgIpc) is 2.34. The highest BCUT2D eigenvalue weighted by Gasteiger charge is 2.51. The van der Waals surface area contributed by atoms with E-state index in [4.69, 9.17) is 0 Å². The summed E-state index contributed by atoms with van der Waals surface area (Å²) in [5, 5.41) is 0. The fourth-order valence-electron chi connectivity index (χ4n) is 3.29. The van der Waals surface area contributed by atoms with Crippen LogP contribution in [-0.2, 0) is 0 Å². The number of rotatable bonds is 2. The third-order valence-corrected chi connectivity index (χ3v) is 3.68. The van der Waals surface area contributed by atoms with Crippen LogP contribution in [0.1, 0.15) is 40.5 Å². The van der Waals surface area contributed by atoms with E-state index in [2.05, 4.69) is 32.6 Å². The Morgan fingerprint density at radius 3 is 2.00 bits per heavy atom. The molecular weight excluding hydrogens is 146 g/mol. The predicted octanol–water partition coefficient (Wildman–Crippen LogP) is 2.51.